The summed E-state index contributed by atoms with van der Waals surface area (Å²) in [6, 6.07) is 6.98. The summed E-state index contributed by atoms with van der Waals surface area (Å²) in [5.41, 5.74) is 0.606. The van der Waals surface area contributed by atoms with Crippen LogP contribution in [0.3, 0.4) is 0 Å². The molecule has 1 atom stereocenters. The second-order valence-corrected chi connectivity index (χ2v) is 8.15. The van der Waals surface area contributed by atoms with Crippen molar-refractivity contribution in [1.82, 2.24) is 0 Å². The lowest BCUT2D eigenvalue weighted by Crippen LogP contribution is -2.22. The van der Waals surface area contributed by atoms with E-state index in [9.17, 15) is 18.3 Å². The molecule has 0 aliphatic heterocycles. The Morgan fingerprint density at radius 1 is 1.32 bits per heavy atom. The largest absolute Gasteiger partial charge is 0.481 e. The maximum absolute atomic E-state index is 11.8. The molecule has 1 unspecified atom stereocenters. The highest BCUT2D eigenvalue weighted by atomic mass is 79.9. The maximum atomic E-state index is 11.8. The van der Waals surface area contributed by atoms with Crippen molar-refractivity contribution in [1.29, 1.82) is 0 Å². The molecule has 106 valence electrons. The lowest BCUT2D eigenvalue weighted by atomic mass is 9.97. The van der Waals surface area contributed by atoms with E-state index in [2.05, 4.69) is 15.9 Å². The van der Waals surface area contributed by atoms with E-state index in [0.717, 1.165) is 0 Å². The molecular weight excluding hydrogens is 332 g/mol. The van der Waals surface area contributed by atoms with Gasteiger partial charge in [-0.2, -0.15) is 0 Å². The minimum absolute atomic E-state index is 0.0818. The van der Waals surface area contributed by atoms with Crippen LogP contribution in [0.4, 0.5) is 0 Å². The van der Waals surface area contributed by atoms with Gasteiger partial charge in [0.2, 0.25) is 0 Å². The van der Waals surface area contributed by atoms with Gasteiger partial charge in [0.15, 0.2) is 9.84 Å². The summed E-state index contributed by atoms with van der Waals surface area (Å²) in [6.07, 6.45) is 0.0818. The van der Waals surface area contributed by atoms with Gasteiger partial charge in [-0.25, -0.2) is 8.42 Å². The van der Waals surface area contributed by atoms with E-state index in [4.69, 9.17) is 0 Å². The maximum Gasteiger partial charge on any atom is 0.311 e. The molecule has 1 rings (SSSR count). The molecule has 1 N–H and O–H groups in total. The smallest absolute Gasteiger partial charge is 0.311 e. The summed E-state index contributed by atoms with van der Waals surface area (Å²) in [5.74, 6) is -1.95. The first-order chi connectivity index (χ1) is 8.75. The fourth-order valence-electron chi connectivity index (χ4n) is 1.69. The number of rotatable bonds is 6. The number of aliphatic carboxylic acids is 1. The van der Waals surface area contributed by atoms with Crippen LogP contribution < -0.4 is 0 Å². The fraction of sp³-hybridized carbons (Fsp3) is 0.462. The normalized spacial score (nSPS) is 13.5. The topological polar surface area (TPSA) is 71.4 Å². The molecular formula is C13H17BrO4S. The summed E-state index contributed by atoms with van der Waals surface area (Å²) in [7, 11) is -3.23. The van der Waals surface area contributed by atoms with Crippen molar-refractivity contribution in [2.75, 3.05) is 5.75 Å². The van der Waals surface area contributed by atoms with Crippen LogP contribution in [0.25, 0.3) is 0 Å². The minimum atomic E-state index is -3.23. The highest BCUT2D eigenvalue weighted by Gasteiger charge is 2.25. The number of sulfone groups is 1. The predicted octanol–water partition coefficient (Wildman–Crippen LogP) is 2.83. The summed E-state index contributed by atoms with van der Waals surface area (Å²) < 4.78 is 24.2. The van der Waals surface area contributed by atoms with Crippen molar-refractivity contribution in [3.63, 3.8) is 0 Å². The Balaban J connectivity index is 2.93. The van der Waals surface area contributed by atoms with Crippen LogP contribution in [0.15, 0.2) is 28.7 Å². The standard InChI is InChI=1S/C13H17BrO4S/c1-9(2)19(17,18)8-7-11(13(15)16)10-5-3-4-6-12(10)14/h3-6,9,11H,7-8H2,1-2H3,(H,15,16). The Kier molecular flexibility index (Phi) is 5.55. The number of halogens is 1. The Hall–Kier alpha value is -0.880. The van der Waals surface area contributed by atoms with E-state index < -0.39 is 27.0 Å². The van der Waals surface area contributed by atoms with Gasteiger partial charge in [-0.1, -0.05) is 34.1 Å². The molecule has 0 saturated carbocycles. The van der Waals surface area contributed by atoms with Crippen LogP contribution >= 0.6 is 15.9 Å². The lowest BCUT2D eigenvalue weighted by molar-refractivity contribution is -0.138. The van der Waals surface area contributed by atoms with Gasteiger partial charge in [0, 0.05) is 4.47 Å². The second-order valence-electron chi connectivity index (χ2n) is 4.62. The lowest BCUT2D eigenvalue weighted by Gasteiger charge is -2.15. The van der Waals surface area contributed by atoms with Crippen LogP contribution in [0, 0.1) is 0 Å². The van der Waals surface area contributed by atoms with Crippen LogP contribution in [-0.2, 0) is 14.6 Å². The molecule has 0 aromatic heterocycles. The number of benzene rings is 1. The van der Waals surface area contributed by atoms with Crippen LogP contribution in [-0.4, -0.2) is 30.5 Å². The van der Waals surface area contributed by atoms with Crippen molar-refractivity contribution in [2.24, 2.45) is 0 Å². The average Bonchev–Trinajstić information content (AvgIpc) is 2.30. The van der Waals surface area contributed by atoms with Gasteiger partial charge in [0.1, 0.15) is 0 Å². The first-order valence-electron chi connectivity index (χ1n) is 5.94. The summed E-state index contributed by atoms with van der Waals surface area (Å²) in [4.78, 5) is 11.3. The molecule has 19 heavy (non-hydrogen) atoms. The van der Waals surface area contributed by atoms with Gasteiger partial charge in [0.25, 0.3) is 0 Å². The zero-order chi connectivity index (χ0) is 14.6. The molecule has 0 spiro atoms. The second kappa shape index (κ2) is 6.52. The SMILES string of the molecule is CC(C)S(=O)(=O)CCC(C(=O)O)c1ccccc1Br. The predicted molar refractivity (Wildman–Crippen MR) is 78.1 cm³/mol. The van der Waals surface area contributed by atoms with E-state index in [1.807, 2.05) is 0 Å². The van der Waals surface area contributed by atoms with Gasteiger partial charge in [-0.3, -0.25) is 4.79 Å². The third-order valence-corrected chi connectivity index (χ3v) is 5.95. The Labute approximate surface area is 121 Å². The average molecular weight is 349 g/mol. The zero-order valence-electron chi connectivity index (χ0n) is 10.8. The molecule has 0 saturated heterocycles. The number of carboxylic acid groups (broad SMARTS) is 1. The third-order valence-electron chi connectivity index (χ3n) is 2.99. The molecule has 0 radical (unpaired) electrons. The number of carboxylic acids is 1. The van der Waals surface area contributed by atoms with Gasteiger partial charge < -0.3 is 5.11 Å². The number of hydrogen-bond acceptors (Lipinski definition) is 3. The van der Waals surface area contributed by atoms with E-state index in [1.54, 1.807) is 38.1 Å². The summed E-state index contributed by atoms with van der Waals surface area (Å²) in [5, 5.41) is 8.79. The molecule has 0 aliphatic rings. The van der Waals surface area contributed by atoms with Crippen molar-refractivity contribution in [3.05, 3.63) is 34.3 Å². The quantitative estimate of drug-likeness (QED) is 0.857. The van der Waals surface area contributed by atoms with Crippen molar-refractivity contribution >= 4 is 31.7 Å². The molecule has 0 amide bonds. The summed E-state index contributed by atoms with van der Waals surface area (Å²) >= 11 is 3.30. The first kappa shape index (κ1) is 16.2. The Morgan fingerprint density at radius 3 is 2.37 bits per heavy atom. The monoisotopic (exact) mass is 348 g/mol. The fourth-order valence-corrected chi connectivity index (χ4v) is 3.28. The zero-order valence-corrected chi connectivity index (χ0v) is 13.2. The van der Waals surface area contributed by atoms with Gasteiger partial charge in [0.05, 0.1) is 16.9 Å². The van der Waals surface area contributed by atoms with E-state index in [0.29, 0.717) is 10.0 Å². The highest BCUT2D eigenvalue weighted by molar-refractivity contribution is 9.10. The van der Waals surface area contributed by atoms with Gasteiger partial charge in [-0.15, -0.1) is 0 Å². The van der Waals surface area contributed by atoms with E-state index in [1.165, 1.54) is 0 Å². The van der Waals surface area contributed by atoms with Crippen LogP contribution in [0.1, 0.15) is 31.7 Å². The van der Waals surface area contributed by atoms with Crippen LogP contribution in [0.5, 0.6) is 0 Å². The van der Waals surface area contributed by atoms with Gasteiger partial charge >= 0.3 is 5.97 Å². The van der Waals surface area contributed by atoms with E-state index in [-0.39, 0.29) is 12.2 Å². The molecule has 1 aromatic rings. The Bertz CT molecular complexity index is 552. The molecule has 0 aliphatic carbocycles. The number of hydrogen-bond donors (Lipinski definition) is 1. The Morgan fingerprint density at radius 2 is 1.89 bits per heavy atom. The molecule has 6 heteroatoms. The molecule has 1 aromatic carbocycles. The first-order valence-corrected chi connectivity index (χ1v) is 8.45. The third kappa shape index (κ3) is 4.31. The minimum Gasteiger partial charge on any atom is -0.481 e. The van der Waals surface area contributed by atoms with Crippen molar-refractivity contribution in [2.45, 2.75) is 31.4 Å². The van der Waals surface area contributed by atoms with Crippen molar-refractivity contribution in [3.8, 4) is 0 Å². The van der Waals surface area contributed by atoms with Crippen LogP contribution in [0.2, 0.25) is 0 Å². The van der Waals surface area contributed by atoms with Gasteiger partial charge in [-0.05, 0) is 31.9 Å². The summed E-state index contributed by atoms with van der Waals surface area (Å²) in [6.45, 7) is 3.20. The van der Waals surface area contributed by atoms with Crippen molar-refractivity contribution < 1.29 is 18.3 Å². The van der Waals surface area contributed by atoms with E-state index >= 15 is 0 Å². The molecule has 0 fully saturated rings. The highest BCUT2D eigenvalue weighted by Crippen LogP contribution is 2.28. The molecule has 4 nitrogen and oxygen atoms in total. The molecule has 0 bridgehead atoms. The molecule has 0 heterocycles. The number of carbonyl (C=O) groups is 1.